The van der Waals surface area contributed by atoms with Crippen molar-refractivity contribution in [1.82, 2.24) is 0 Å². The first kappa shape index (κ1) is 13.4. The molecule has 0 saturated heterocycles. The molecule has 0 aliphatic rings. The van der Waals surface area contributed by atoms with Gasteiger partial charge in [0, 0.05) is 11.6 Å². The summed E-state index contributed by atoms with van der Waals surface area (Å²) in [6.45, 7) is 0.202. The Morgan fingerprint density at radius 1 is 1.11 bits per heavy atom. The van der Waals surface area contributed by atoms with Crippen molar-refractivity contribution in [2.24, 2.45) is 5.73 Å². The van der Waals surface area contributed by atoms with E-state index in [4.69, 9.17) is 15.2 Å². The maximum absolute atomic E-state index is 13.5. The summed E-state index contributed by atoms with van der Waals surface area (Å²) in [6.07, 6.45) is 0. The molecule has 0 aliphatic heterocycles. The highest BCUT2D eigenvalue weighted by atomic mass is 19.1. The second kappa shape index (κ2) is 6.20. The average Bonchev–Trinajstić information content (AvgIpc) is 2.45. The van der Waals surface area contributed by atoms with Gasteiger partial charge in [0.1, 0.15) is 23.9 Å². The van der Waals surface area contributed by atoms with E-state index in [-0.39, 0.29) is 12.4 Å². The van der Waals surface area contributed by atoms with Gasteiger partial charge >= 0.3 is 0 Å². The van der Waals surface area contributed by atoms with Crippen molar-refractivity contribution >= 4 is 0 Å². The maximum Gasteiger partial charge on any atom is 0.128 e. The van der Waals surface area contributed by atoms with Crippen LogP contribution in [0.25, 0.3) is 0 Å². The van der Waals surface area contributed by atoms with E-state index in [9.17, 15) is 4.39 Å². The predicted molar refractivity (Wildman–Crippen MR) is 71.8 cm³/mol. The number of halogens is 1. The highest BCUT2D eigenvalue weighted by molar-refractivity contribution is 5.33. The summed E-state index contributed by atoms with van der Waals surface area (Å²) in [4.78, 5) is 0. The van der Waals surface area contributed by atoms with Gasteiger partial charge in [0.25, 0.3) is 0 Å². The molecule has 0 saturated carbocycles. The largest absolute Gasteiger partial charge is 0.497 e. The zero-order chi connectivity index (χ0) is 13.7. The van der Waals surface area contributed by atoms with Crippen molar-refractivity contribution in [2.75, 3.05) is 13.7 Å². The molecule has 0 spiro atoms. The molecule has 2 aromatic carbocycles. The third-order valence-corrected chi connectivity index (χ3v) is 2.78. The summed E-state index contributed by atoms with van der Waals surface area (Å²) in [5.74, 6) is 1.03. The monoisotopic (exact) mass is 261 g/mol. The van der Waals surface area contributed by atoms with E-state index in [0.29, 0.717) is 17.1 Å². The zero-order valence-electron chi connectivity index (χ0n) is 10.7. The summed E-state index contributed by atoms with van der Waals surface area (Å²) < 4.78 is 24.2. The van der Waals surface area contributed by atoms with Crippen molar-refractivity contribution in [3.05, 3.63) is 59.9 Å². The molecule has 0 aromatic heterocycles. The van der Waals surface area contributed by atoms with Crippen LogP contribution < -0.4 is 15.2 Å². The number of rotatable bonds is 5. The van der Waals surface area contributed by atoms with Crippen LogP contribution in [0.4, 0.5) is 4.39 Å². The molecule has 3 nitrogen and oxygen atoms in total. The van der Waals surface area contributed by atoms with E-state index < -0.39 is 6.04 Å². The Morgan fingerprint density at radius 3 is 2.58 bits per heavy atom. The lowest BCUT2D eigenvalue weighted by molar-refractivity contribution is 0.286. The lowest BCUT2D eigenvalue weighted by atomic mass is 10.1. The summed E-state index contributed by atoms with van der Waals surface area (Å²) >= 11 is 0. The van der Waals surface area contributed by atoms with Gasteiger partial charge < -0.3 is 15.2 Å². The van der Waals surface area contributed by atoms with Gasteiger partial charge in [-0.3, -0.25) is 0 Å². The first-order chi connectivity index (χ1) is 9.20. The summed E-state index contributed by atoms with van der Waals surface area (Å²) in [7, 11) is 1.59. The molecule has 0 bridgehead atoms. The smallest absolute Gasteiger partial charge is 0.128 e. The van der Waals surface area contributed by atoms with E-state index >= 15 is 0 Å². The van der Waals surface area contributed by atoms with Gasteiger partial charge in [-0.05, 0) is 18.2 Å². The second-order valence-electron chi connectivity index (χ2n) is 4.12. The average molecular weight is 261 g/mol. The van der Waals surface area contributed by atoms with Crippen LogP contribution in [0.2, 0.25) is 0 Å². The van der Waals surface area contributed by atoms with Crippen LogP contribution in [0, 0.1) is 5.82 Å². The molecular weight excluding hydrogens is 245 g/mol. The minimum atomic E-state index is -0.507. The number of hydrogen-bond acceptors (Lipinski definition) is 3. The molecule has 2 N–H and O–H groups in total. The molecule has 0 amide bonds. The van der Waals surface area contributed by atoms with Crippen LogP contribution in [-0.2, 0) is 0 Å². The van der Waals surface area contributed by atoms with Gasteiger partial charge in [0.05, 0.1) is 13.2 Å². The third-order valence-electron chi connectivity index (χ3n) is 2.78. The van der Waals surface area contributed by atoms with Gasteiger partial charge in [-0.2, -0.15) is 0 Å². The fraction of sp³-hybridized carbons (Fsp3) is 0.200. The second-order valence-corrected chi connectivity index (χ2v) is 4.12. The SMILES string of the molecule is COc1cccc(OCC(N)c2ccccc2F)c1. The Bertz CT molecular complexity index is 545. The standard InChI is InChI=1S/C15H16FNO2/c1-18-11-5-4-6-12(9-11)19-10-15(17)13-7-2-3-8-14(13)16/h2-9,15H,10,17H2,1H3. The molecule has 0 fully saturated rings. The lowest BCUT2D eigenvalue weighted by Crippen LogP contribution is -2.20. The predicted octanol–water partition coefficient (Wildman–Crippen LogP) is 2.91. The first-order valence-corrected chi connectivity index (χ1v) is 5.97. The normalized spacial score (nSPS) is 11.9. The lowest BCUT2D eigenvalue weighted by Gasteiger charge is -2.14. The molecular formula is C15H16FNO2. The number of benzene rings is 2. The highest BCUT2D eigenvalue weighted by Gasteiger charge is 2.11. The Kier molecular flexibility index (Phi) is 4.36. The Hall–Kier alpha value is -2.07. The van der Waals surface area contributed by atoms with E-state index in [0.717, 1.165) is 0 Å². The van der Waals surface area contributed by atoms with Crippen LogP contribution in [0.1, 0.15) is 11.6 Å². The number of nitrogens with two attached hydrogens (primary N) is 1. The molecule has 4 heteroatoms. The number of methoxy groups -OCH3 is 1. The molecule has 0 radical (unpaired) electrons. The van der Waals surface area contributed by atoms with Crippen molar-refractivity contribution in [3.8, 4) is 11.5 Å². The van der Waals surface area contributed by atoms with Gasteiger partial charge in [0.15, 0.2) is 0 Å². The zero-order valence-corrected chi connectivity index (χ0v) is 10.7. The minimum Gasteiger partial charge on any atom is -0.497 e. The topological polar surface area (TPSA) is 44.5 Å². The molecule has 19 heavy (non-hydrogen) atoms. The van der Waals surface area contributed by atoms with Gasteiger partial charge in [-0.1, -0.05) is 24.3 Å². The van der Waals surface area contributed by atoms with Crippen molar-refractivity contribution in [3.63, 3.8) is 0 Å². The summed E-state index contributed by atoms with van der Waals surface area (Å²) in [5.41, 5.74) is 6.37. The Morgan fingerprint density at radius 2 is 1.84 bits per heavy atom. The Labute approximate surface area is 111 Å². The van der Waals surface area contributed by atoms with Crippen molar-refractivity contribution in [1.29, 1.82) is 0 Å². The highest BCUT2D eigenvalue weighted by Crippen LogP contribution is 2.21. The van der Waals surface area contributed by atoms with Crippen molar-refractivity contribution in [2.45, 2.75) is 6.04 Å². The van der Waals surface area contributed by atoms with Crippen LogP contribution in [-0.4, -0.2) is 13.7 Å². The Balaban J connectivity index is 2.00. The van der Waals surface area contributed by atoms with Crippen LogP contribution in [0.5, 0.6) is 11.5 Å². The van der Waals surface area contributed by atoms with Crippen LogP contribution >= 0.6 is 0 Å². The molecule has 1 atom stereocenters. The minimum absolute atomic E-state index is 0.202. The first-order valence-electron chi connectivity index (χ1n) is 5.97. The molecule has 2 rings (SSSR count). The van der Waals surface area contributed by atoms with E-state index in [1.165, 1.54) is 6.07 Å². The van der Waals surface area contributed by atoms with E-state index in [2.05, 4.69) is 0 Å². The van der Waals surface area contributed by atoms with E-state index in [1.54, 1.807) is 37.4 Å². The molecule has 0 aliphatic carbocycles. The molecule has 100 valence electrons. The molecule has 0 heterocycles. The molecule has 1 unspecified atom stereocenters. The molecule has 2 aromatic rings. The van der Waals surface area contributed by atoms with Crippen molar-refractivity contribution < 1.29 is 13.9 Å². The van der Waals surface area contributed by atoms with Gasteiger partial charge in [0.2, 0.25) is 0 Å². The van der Waals surface area contributed by atoms with Crippen LogP contribution in [0.15, 0.2) is 48.5 Å². The van der Waals surface area contributed by atoms with Crippen LogP contribution in [0.3, 0.4) is 0 Å². The van der Waals surface area contributed by atoms with E-state index in [1.807, 2.05) is 12.1 Å². The summed E-state index contributed by atoms with van der Waals surface area (Å²) in [5, 5.41) is 0. The summed E-state index contributed by atoms with van der Waals surface area (Å²) in [6, 6.07) is 13.1. The van der Waals surface area contributed by atoms with Gasteiger partial charge in [-0.15, -0.1) is 0 Å². The third kappa shape index (κ3) is 3.45. The fourth-order valence-corrected chi connectivity index (χ4v) is 1.74. The van der Waals surface area contributed by atoms with Gasteiger partial charge in [-0.25, -0.2) is 4.39 Å². The number of ether oxygens (including phenoxy) is 2. The quantitative estimate of drug-likeness (QED) is 0.900. The maximum atomic E-state index is 13.5. The fourth-order valence-electron chi connectivity index (χ4n) is 1.74. The number of hydrogen-bond donors (Lipinski definition) is 1.